The van der Waals surface area contributed by atoms with Crippen LogP contribution in [0.2, 0.25) is 0 Å². The Hall–Kier alpha value is -4.20. The Morgan fingerprint density at radius 1 is 0.972 bits per heavy atom. The van der Waals surface area contributed by atoms with Crippen molar-refractivity contribution in [2.45, 2.75) is 46.6 Å². The molecule has 1 N–H and O–H groups in total. The molecule has 1 aliphatic heterocycles. The second-order valence-electron chi connectivity index (χ2n) is 9.20. The highest BCUT2D eigenvalue weighted by Gasteiger charge is 2.33. The fourth-order valence-electron chi connectivity index (χ4n) is 4.64. The molecule has 0 radical (unpaired) electrons. The van der Waals surface area contributed by atoms with Crippen LogP contribution in [0.15, 0.2) is 48.5 Å². The summed E-state index contributed by atoms with van der Waals surface area (Å²) in [6.07, 6.45) is 0.306. The third kappa shape index (κ3) is 4.54. The summed E-state index contributed by atoms with van der Waals surface area (Å²) in [5.41, 5.74) is 6.68. The number of aryl methyl sites for hydroxylation is 4. The van der Waals surface area contributed by atoms with E-state index in [-0.39, 0.29) is 11.8 Å². The smallest absolute Gasteiger partial charge is 0.252 e. The Balaban J connectivity index is 1.48. The number of nitrogens with zero attached hydrogens (tertiary/aromatic N) is 4. The van der Waals surface area contributed by atoms with E-state index in [0.717, 1.165) is 33.8 Å². The number of carbonyl (C=O) groups excluding carboxylic acids is 1. The number of anilines is 1. The second-order valence-corrected chi connectivity index (χ2v) is 9.20. The highest BCUT2D eigenvalue weighted by atomic mass is 16.5. The number of aromatic nitrogens is 4. The van der Waals surface area contributed by atoms with Gasteiger partial charge >= 0.3 is 0 Å². The summed E-state index contributed by atoms with van der Waals surface area (Å²) in [6, 6.07) is 16.0. The van der Waals surface area contributed by atoms with Crippen LogP contribution in [-0.4, -0.2) is 32.8 Å². The summed E-state index contributed by atoms with van der Waals surface area (Å²) < 4.78 is 13.4. The molecular formula is C28H29N5O3. The van der Waals surface area contributed by atoms with Gasteiger partial charge in [-0.15, -0.1) is 0 Å². The van der Waals surface area contributed by atoms with E-state index in [0.29, 0.717) is 36.3 Å². The average molecular weight is 484 g/mol. The van der Waals surface area contributed by atoms with E-state index in [2.05, 4.69) is 46.5 Å². The topological polar surface area (TPSA) is 91.2 Å². The van der Waals surface area contributed by atoms with Crippen molar-refractivity contribution in [3.63, 3.8) is 0 Å². The maximum Gasteiger partial charge on any atom is 0.252 e. The van der Waals surface area contributed by atoms with Crippen molar-refractivity contribution in [3.05, 3.63) is 87.9 Å². The van der Waals surface area contributed by atoms with Gasteiger partial charge in [0.05, 0.1) is 12.8 Å². The molecular weight excluding hydrogens is 454 g/mol. The molecule has 1 aliphatic rings. The Kier molecular flexibility index (Phi) is 6.18. The van der Waals surface area contributed by atoms with Crippen LogP contribution in [-0.2, 0) is 11.4 Å². The fourth-order valence-corrected chi connectivity index (χ4v) is 4.64. The van der Waals surface area contributed by atoms with Crippen molar-refractivity contribution in [1.29, 1.82) is 0 Å². The van der Waals surface area contributed by atoms with Gasteiger partial charge in [0.2, 0.25) is 5.91 Å². The molecule has 0 bridgehead atoms. The molecule has 36 heavy (non-hydrogen) atoms. The molecule has 8 heteroatoms. The SMILES string of the molecule is COc1cc([C@H]2CC(=O)Nc3c2c(C)nn3-c2nc(C)cc(C)n2)ccc1OCc1ccc(C)cc1. The number of amides is 1. The first-order chi connectivity index (χ1) is 17.3. The van der Waals surface area contributed by atoms with Crippen molar-refractivity contribution in [3.8, 4) is 17.4 Å². The fraction of sp³-hybridized carbons (Fsp3) is 0.286. The van der Waals surface area contributed by atoms with Crippen LogP contribution in [0.3, 0.4) is 0 Å². The van der Waals surface area contributed by atoms with E-state index in [4.69, 9.17) is 14.6 Å². The lowest BCUT2D eigenvalue weighted by Crippen LogP contribution is -2.25. The van der Waals surface area contributed by atoms with Gasteiger partial charge in [-0.1, -0.05) is 35.9 Å². The largest absolute Gasteiger partial charge is 0.493 e. The van der Waals surface area contributed by atoms with E-state index in [1.165, 1.54) is 5.56 Å². The Labute approximate surface area is 210 Å². The third-order valence-electron chi connectivity index (χ3n) is 6.37. The summed E-state index contributed by atoms with van der Waals surface area (Å²) in [7, 11) is 1.62. The molecule has 0 unspecified atom stereocenters. The van der Waals surface area contributed by atoms with Crippen LogP contribution in [0.5, 0.6) is 11.5 Å². The summed E-state index contributed by atoms with van der Waals surface area (Å²) in [5, 5.41) is 7.70. The van der Waals surface area contributed by atoms with Crippen LogP contribution < -0.4 is 14.8 Å². The minimum absolute atomic E-state index is 0.0864. The summed E-state index contributed by atoms with van der Waals surface area (Å²) in [6.45, 7) is 8.27. The summed E-state index contributed by atoms with van der Waals surface area (Å²) in [5.74, 6) is 2.05. The molecule has 3 heterocycles. The number of rotatable bonds is 6. The third-order valence-corrected chi connectivity index (χ3v) is 6.37. The predicted molar refractivity (Wildman–Crippen MR) is 137 cm³/mol. The number of hydrogen-bond acceptors (Lipinski definition) is 6. The molecule has 1 amide bonds. The molecule has 0 saturated carbocycles. The van der Waals surface area contributed by atoms with Crippen LogP contribution in [0.1, 0.15) is 51.7 Å². The number of ether oxygens (including phenoxy) is 2. The number of benzene rings is 2. The molecule has 0 saturated heterocycles. The van der Waals surface area contributed by atoms with Gasteiger partial charge in [0.1, 0.15) is 12.4 Å². The van der Waals surface area contributed by atoms with Crippen LogP contribution in [0.4, 0.5) is 5.82 Å². The lowest BCUT2D eigenvalue weighted by atomic mass is 9.85. The Bertz CT molecular complexity index is 1420. The first-order valence-electron chi connectivity index (χ1n) is 11.9. The molecule has 8 nitrogen and oxygen atoms in total. The van der Waals surface area contributed by atoms with Crippen molar-refractivity contribution in [2.75, 3.05) is 12.4 Å². The lowest BCUT2D eigenvalue weighted by molar-refractivity contribution is -0.116. The van der Waals surface area contributed by atoms with Gasteiger partial charge in [-0.3, -0.25) is 4.79 Å². The first-order valence-corrected chi connectivity index (χ1v) is 11.9. The van der Waals surface area contributed by atoms with E-state index in [1.807, 2.05) is 45.0 Å². The molecule has 2 aromatic carbocycles. The van der Waals surface area contributed by atoms with Gasteiger partial charge < -0.3 is 14.8 Å². The Morgan fingerprint density at radius 3 is 2.39 bits per heavy atom. The van der Waals surface area contributed by atoms with E-state index < -0.39 is 0 Å². The zero-order valence-electron chi connectivity index (χ0n) is 21.1. The minimum Gasteiger partial charge on any atom is -0.493 e. The normalized spacial score (nSPS) is 14.8. The maximum atomic E-state index is 12.8. The van der Waals surface area contributed by atoms with Gasteiger partial charge in [-0.05, 0) is 57.0 Å². The standard InChI is InChI=1S/C28H29N5O3/c1-16-6-8-20(9-7-16)15-36-23-11-10-21(13-24(23)35-5)22-14-25(34)31-27-26(22)19(4)32-33(27)28-29-17(2)12-18(3)30-28/h6-13,22H,14-15H2,1-5H3,(H,31,34)/t22-/m1/s1. The predicted octanol–water partition coefficient (Wildman–Crippen LogP) is 4.96. The van der Waals surface area contributed by atoms with Crippen molar-refractivity contribution in [1.82, 2.24) is 19.7 Å². The van der Waals surface area contributed by atoms with Crippen molar-refractivity contribution in [2.24, 2.45) is 0 Å². The maximum absolute atomic E-state index is 12.8. The Morgan fingerprint density at radius 2 is 1.69 bits per heavy atom. The molecule has 2 aromatic heterocycles. The van der Waals surface area contributed by atoms with Gasteiger partial charge in [0.15, 0.2) is 11.5 Å². The number of fused-ring (bicyclic) bond motifs is 1. The van der Waals surface area contributed by atoms with Gasteiger partial charge in [-0.2, -0.15) is 9.78 Å². The molecule has 5 rings (SSSR count). The van der Waals surface area contributed by atoms with Crippen molar-refractivity contribution < 1.29 is 14.3 Å². The highest BCUT2D eigenvalue weighted by molar-refractivity contribution is 5.95. The van der Waals surface area contributed by atoms with Gasteiger partial charge in [0, 0.05) is 29.3 Å². The highest BCUT2D eigenvalue weighted by Crippen LogP contribution is 2.42. The molecule has 0 fully saturated rings. The van der Waals surface area contributed by atoms with Crippen LogP contribution in [0, 0.1) is 27.7 Å². The minimum atomic E-state index is -0.187. The average Bonchev–Trinajstić information content (AvgIpc) is 3.18. The first kappa shape index (κ1) is 23.5. The number of carbonyl (C=O) groups is 1. The summed E-state index contributed by atoms with van der Waals surface area (Å²) in [4.78, 5) is 21.9. The number of methoxy groups -OCH3 is 1. The van der Waals surface area contributed by atoms with E-state index >= 15 is 0 Å². The zero-order valence-corrected chi connectivity index (χ0v) is 21.1. The van der Waals surface area contributed by atoms with Crippen LogP contribution in [0.25, 0.3) is 5.95 Å². The molecule has 0 aliphatic carbocycles. The van der Waals surface area contributed by atoms with Crippen molar-refractivity contribution >= 4 is 11.7 Å². The quantitative estimate of drug-likeness (QED) is 0.417. The molecule has 1 atom stereocenters. The van der Waals surface area contributed by atoms with Gasteiger partial charge in [0.25, 0.3) is 5.95 Å². The lowest BCUT2D eigenvalue weighted by Gasteiger charge is -2.25. The van der Waals surface area contributed by atoms with Crippen LogP contribution >= 0.6 is 0 Å². The monoisotopic (exact) mass is 483 g/mol. The molecule has 0 spiro atoms. The molecule has 4 aromatic rings. The summed E-state index contributed by atoms with van der Waals surface area (Å²) >= 11 is 0. The van der Waals surface area contributed by atoms with Gasteiger partial charge in [-0.25, -0.2) is 9.97 Å². The van der Waals surface area contributed by atoms with E-state index in [9.17, 15) is 4.79 Å². The number of nitrogens with one attached hydrogen (secondary N) is 1. The number of hydrogen-bond donors (Lipinski definition) is 1. The zero-order chi connectivity index (χ0) is 25.4. The van der Waals surface area contributed by atoms with E-state index in [1.54, 1.807) is 11.8 Å². The second kappa shape index (κ2) is 9.45. The molecule has 184 valence electrons.